The number of sulfonamides is 1. The fourth-order valence-electron chi connectivity index (χ4n) is 3.28. The van der Waals surface area contributed by atoms with Gasteiger partial charge >= 0.3 is 0 Å². The number of nitrogens with zero attached hydrogens (tertiary/aromatic N) is 1. The van der Waals surface area contributed by atoms with Gasteiger partial charge in [0, 0.05) is 43.3 Å². The molecule has 0 bridgehead atoms. The van der Waals surface area contributed by atoms with Gasteiger partial charge in [-0.1, -0.05) is 31.5 Å². The summed E-state index contributed by atoms with van der Waals surface area (Å²) in [5.74, 6) is 0.0766. The fraction of sp³-hybridized carbons (Fsp3) is 0.409. The lowest BCUT2D eigenvalue weighted by Gasteiger charge is -2.31. The van der Waals surface area contributed by atoms with Gasteiger partial charge in [0.05, 0.1) is 16.3 Å². The third kappa shape index (κ3) is 5.90. The van der Waals surface area contributed by atoms with E-state index in [-0.39, 0.29) is 10.8 Å². The van der Waals surface area contributed by atoms with Crippen LogP contribution in [0.15, 0.2) is 41.3 Å². The van der Waals surface area contributed by atoms with Crippen molar-refractivity contribution in [2.24, 2.45) is 5.92 Å². The smallest absolute Gasteiger partial charge is 0.262 e. The minimum absolute atomic E-state index is 0.0732. The largest absolute Gasteiger partial charge is 0.367 e. The van der Waals surface area contributed by atoms with Crippen LogP contribution in [0.4, 0.5) is 11.4 Å². The van der Waals surface area contributed by atoms with Gasteiger partial charge in [0.25, 0.3) is 15.9 Å². The highest BCUT2D eigenvalue weighted by molar-refractivity contribution is 7.92. The quantitative estimate of drug-likeness (QED) is 0.585. The molecule has 1 amide bonds. The second kappa shape index (κ2) is 9.89. The number of benzene rings is 2. The van der Waals surface area contributed by atoms with Crippen LogP contribution in [0.25, 0.3) is 0 Å². The SMILES string of the molecule is Cc1ccc(S(=O)(=O)Nc2cc(C(=O)NCC(C)C)ccc2N2CCNCC2)cc1Cl. The van der Waals surface area contributed by atoms with Gasteiger partial charge in [0.1, 0.15) is 0 Å². The number of anilines is 2. The van der Waals surface area contributed by atoms with Gasteiger partial charge in [-0.05, 0) is 48.7 Å². The Kier molecular flexibility index (Phi) is 7.46. The molecule has 168 valence electrons. The van der Waals surface area contributed by atoms with Crippen LogP contribution in [-0.4, -0.2) is 47.0 Å². The van der Waals surface area contributed by atoms with Crippen molar-refractivity contribution in [1.29, 1.82) is 0 Å². The Bertz CT molecular complexity index is 1050. The van der Waals surface area contributed by atoms with Gasteiger partial charge in [0.15, 0.2) is 0 Å². The predicted octanol–water partition coefficient (Wildman–Crippen LogP) is 3.24. The number of piperazine rings is 1. The standard InChI is InChI=1S/C22H29ClN4O3S/c1-15(2)14-25-22(28)17-5-7-21(27-10-8-24-9-11-27)20(12-17)26-31(29,30)18-6-4-16(3)19(23)13-18/h4-7,12-13,15,24,26H,8-11,14H2,1-3H3,(H,25,28). The van der Waals surface area contributed by atoms with Crippen molar-refractivity contribution >= 4 is 38.9 Å². The monoisotopic (exact) mass is 464 g/mol. The molecule has 1 fully saturated rings. The zero-order valence-corrected chi connectivity index (χ0v) is 19.6. The first-order chi connectivity index (χ1) is 14.7. The molecular formula is C22H29ClN4O3S. The number of carbonyl (C=O) groups excluding carboxylic acids is 1. The fourth-order valence-corrected chi connectivity index (χ4v) is 4.62. The van der Waals surface area contributed by atoms with Crippen LogP contribution in [0.1, 0.15) is 29.8 Å². The third-order valence-corrected chi connectivity index (χ3v) is 6.86. The lowest BCUT2D eigenvalue weighted by Crippen LogP contribution is -2.43. The summed E-state index contributed by atoms with van der Waals surface area (Å²) < 4.78 is 28.9. The lowest BCUT2D eigenvalue weighted by atomic mass is 10.1. The van der Waals surface area contributed by atoms with Gasteiger partial charge in [-0.2, -0.15) is 0 Å². The van der Waals surface area contributed by atoms with Crippen LogP contribution >= 0.6 is 11.6 Å². The number of amides is 1. The molecule has 7 nitrogen and oxygen atoms in total. The summed E-state index contributed by atoms with van der Waals surface area (Å²) in [6.07, 6.45) is 0. The number of nitrogens with one attached hydrogen (secondary N) is 3. The Morgan fingerprint density at radius 3 is 2.52 bits per heavy atom. The molecule has 2 aromatic rings. The van der Waals surface area contributed by atoms with Crippen LogP contribution < -0.4 is 20.3 Å². The van der Waals surface area contributed by atoms with E-state index in [9.17, 15) is 13.2 Å². The number of rotatable bonds is 7. The Labute approximate surface area is 189 Å². The molecule has 0 radical (unpaired) electrons. The number of aryl methyl sites for hydroxylation is 1. The molecule has 31 heavy (non-hydrogen) atoms. The van der Waals surface area contributed by atoms with E-state index in [2.05, 4.69) is 20.3 Å². The second-order valence-electron chi connectivity index (χ2n) is 8.09. The minimum Gasteiger partial charge on any atom is -0.367 e. The summed E-state index contributed by atoms with van der Waals surface area (Å²) in [6, 6.07) is 9.75. The van der Waals surface area contributed by atoms with Gasteiger partial charge in [-0.15, -0.1) is 0 Å². The van der Waals surface area contributed by atoms with Crippen molar-refractivity contribution in [1.82, 2.24) is 10.6 Å². The molecule has 1 saturated heterocycles. The molecule has 1 aliphatic rings. The molecule has 1 aliphatic heterocycles. The van der Waals surface area contributed by atoms with E-state index in [4.69, 9.17) is 11.6 Å². The van der Waals surface area contributed by atoms with Gasteiger partial charge in [-0.25, -0.2) is 8.42 Å². The van der Waals surface area contributed by atoms with Crippen molar-refractivity contribution < 1.29 is 13.2 Å². The van der Waals surface area contributed by atoms with E-state index in [1.165, 1.54) is 12.1 Å². The molecule has 3 N–H and O–H groups in total. The molecule has 9 heteroatoms. The Hall–Kier alpha value is -2.29. The van der Waals surface area contributed by atoms with Crippen molar-refractivity contribution in [3.05, 3.63) is 52.5 Å². The number of carbonyl (C=O) groups is 1. The maximum absolute atomic E-state index is 13.1. The van der Waals surface area contributed by atoms with E-state index in [0.717, 1.165) is 37.4 Å². The molecule has 0 aromatic heterocycles. The van der Waals surface area contributed by atoms with E-state index >= 15 is 0 Å². The number of hydrogen-bond acceptors (Lipinski definition) is 5. The normalized spacial score (nSPS) is 14.5. The van der Waals surface area contributed by atoms with E-state index in [1.54, 1.807) is 24.3 Å². The van der Waals surface area contributed by atoms with Crippen LogP contribution in [0.3, 0.4) is 0 Å². The zero-order chi connectivity index (χ0) is 22.6. The van der Waals surface area contributed by atoms with Gasteiger partial charge in [0.2, 0.25) is 0 Å². The summed E-state index contributed by atoms with van der Waals surface area (Å²) in [4.78, 5) is 14.8. The highest BCUT2D eigenvalue weighted by Crippen LogP contribution is 2.31. The van der Waals surface area contributed by atoms with Crippen LogP contribution in [0.5, 0.6) is 0 Å². The molecule has 0 atom stereocenters. The van der Waals surface area contributed by atoms with Gasteiger partial charge in [-0.3, -0.25) is 9.52 Å². The van der Waals surface area contributed by atoms with Crippen molar-refractivity contribution in [3.8, 4) is 0 Å². The molecular weight excluding hydrogens is 436 g/mol. The first-order valence-electron chi connectivity index (χ1n) is 10.3. The Morgan fingerprint density at radius 2 is 1.87 bits per heavy atom. The summed E-state index contributed by atoms with van der Waals surface area (Å²) in [7, 11) is -3.89. The number of halogens is 1. The Morgan fingerprint density at radius 1 is 1.16 bits per heavy atom. The maximum atomic E-state index is 13.1. The zero-order valence-electron chi connectivity index (χ0n) is 18.0. The molecule has 2 aromatic carbocycles. The van der Waals surface area contributed by atoms with Crippen LogP contribution in [-0.2, 0) is 10.0 Å². The minimum atomic E-state index is -3.89. The topological polar surface area (TPSA) is 90.5 Å². The molecule has 0 aliphatic carbocycles. The second-order valence-corrected chi connectivity index (χ2v) is 10.2. The summed E-state index contributed by atoms with van der Waals surface area (Å²) in [5, 5.41) is 6.54. The highest BCUT2D eigenvalue weighted by atomic mass is 35.5. The molecule has 3 rings (SSSR count). The van der Waals surface area contributed by atoms with Crippen LogP contribution in [0.2, 0.25) is 5.02 Å². The van der Waals surface area contributed by atoms with Crippen molar-refractivity contribution in [2.75, 3.05) is 42.3 Å². The van der Waals surface area contributed by atoms with Crippen LogP contribution in [0, 0.1) is 12.8 Å². The average Bonchev–Trinajstić information content (AvgIpc) is 2.74. The summed E-state index contributed by atoms with van der Waals surface area (Å²) >= 11 is 6.14. The molecule has 0 saturated carbocycles. The predicted molar refractivity (Wildman–Crippen MR) is 126 cm³/mol. The molecule has 0 spiro atoms. The van der Waals surface area contributed by atoms with E-state index < -0.39 is 10.0 Å². The van der Waals surface area contributed by atoms with E-state index in [1.807, 2.05) is 20.8 Å². The first kappa shape index (κ1) is 23.4. The van der Waals surface area contributed by atoms with E-state index in [0.29, 0.717) is 28.7 Å². The van der Waals surface area contributed by atoms with Crippen molar-refractivity contribution in [2.45, 2.75) is 25.7 Å². The van der Waals surface area contributed by atoms with Gasteiger partial charge < -0.3 is 15.5 Å². The summed E-state index contributed by atoms with van der Waals surface area (Å²) in [5.41, 5.74) is 2.31. The lowest BCUT2D eigenvalue weighted by molar-refractivity contribution is 0.0949. The third-order valence-electron chi connectivity index (χ3n) is 5.09. The summed E-state index contributed by atoms with van der Waals surface area (Å²) in [6.45, 7) is 9.47. The number of hydrogen-bond donors (Lipinski definition) is 3. The maximum Gasteiger partial charge on any atom is 0.262 e. The van der Waals surface area contributed by atoms with Crippen molar-refractivity contribution in [3.63, 3.8) is 0 Å². The average molecular weight is 465 g/mol. The molecule has 1 heterocycles. The first-order valence-corrected chi connectivity index (χ1v) is 12.2. The molecule has 0 unspecified atom stereocenters. The highest BCUT2D eigenvalue weighted by Gasteiger charge is 2.22. The Balaban J connectivity index is 1.96.